The van der Waals surface area contributed by atoms with Gasteiger partial charge in [0, 0.05) is 0 Å². The molecule has 87 heavy (non-hydrogen) atoms. The van der Waals surface area contributed by atoms with Gasteiger partial charge in [0.1, 0.15) is 0 Å². The molecule has 13 aromatic rings. The normalized spacial score (nSPS) is 12.9. The van der Waals surface area contributed by atoms with Crippen LogP contribution in [0.3, 0.4) is 0 Å². The summed E-state index contributed by atoms with van der Waals surface area (Å²) in [4.78, 5) is 15.1. The summed E-state index contributed by atoms with van der Waals surface area (Å²) in [5.41, 5.74) is 25.1. The van der Waals surface area contributed by atoms with Crippen molar-refractivity contribution in [3.63, 3.8) is 0 Å². The van der Waals surface area contributed by atoms with E-state index in [1.807, 2.05) is 11.8 Å². The molecule has 0 amide bonds. The molecule has 0 radical (unpaired) electrons. The molecule has 4 heterocycles. The SMILES string of the molecule is c1ccc(N(c2ccccc2)c2cc3c4c(c2)N(c2ccccc2)c2ccccc2B4c2cc4c(c(N(c5ccccc5)c5ccccc5)c2S3)[Se]c2cc(N(c3ccccc3)c3ccccc3)cc3c2B4c2ccccc2N3c2ccccc2)cc1. The molecule has 9 heteroatoms. The van der Waals surface area contributed by atoms with Crippen LogP contribution in [0.5, 0.6) is 0 Å². The Labute approximate surface area is 519 Å². The molecule has 0 unspecified atom stereocenters. The molecule has 4 aliphatic heterocycles. The number of para-hydroxylation sites is 10. The molecule has 0 aliphatic carbocycles. The van der Waals surface area contributed by atoms with Gasteiger partial charge in [0.2, 0.25) is 0 Å². The van der Waals surface area contributed by atoms with Crippen molar-refractivity contribution in [1.29, 1.82) is 0 Å². The Morgan fingerprint density at radius 2 is 0.644 bits per heavy atom. The van der Waals surface area contributed by atoms with Gasteiger partial charge in [0.25, 0.3) is 0 Å². The summed E-state index contributed by atoms with van der Waals surface area (Å²) >= 11 is 1.72. The van der Waals surface area contributed by atoms with E-state index in [4.69, 9.17) is 0 Å². The fourth-order valence-electron chi connectivity index (χ4n) is 13.9. The van der Waals surface area contributed by atoms with Crippen molar-refractivity contribution in [3.8, 4) is 0 Å². The van der Waals surface area contributed by atoms with E-state index >= 15 is 0 Å². The molecule has 0 spiro atoms. The van der Waals surface area contributed by atoms with Gasteiger partial charge >= 0.3 is 523 Å². The summed E-state index contributed by atoms with van der Waals surface area (Å²) in [7, 11) is 0. The Kier molecular flexibility index (Phi) is 12.6. The van der Waals surface area contributed by atoms with Crippen LogP contribution in [0, 0.1) is 0 Å². The topological polar surface area (TPSA) is 16.2 Å². The minimum atomic E-state index is -0.231. The second kappa shape index (κ2) is 21.4. The first-order valence-corrected chi connectivity index (χ1v) is 32.3. The second-order valence-electron chi connectivity index (χ2n) is 22.4. The zero-order valence-electron chi connectivity index (χ0n) is 47.3. The molecule has 5 nitrogen and oxygen atoms in total. The summed E-state index contributed by atoms with van der Waals surface area (Å²) in [5, 5.41) is 0. The van der Waals surface area contributed by atoms with Crippen molar-refractivity contribution in [2.75, 3.05) is 24.5 Å². The van der Waals surface area contributed by atoms with Crippen LogP contribution in [0.15, 0.2) is 331 Å². The molecule has 0 aromatic heterocycles. The summed E-state index contributed by atoms with van der Waals surface area (Å²) in [5.74, 6) is 0. The number of hydrogen-bond donors (Lipinski definition) is 0. The number of fused-ring (bicyclic) bond motifs is 8. The van der Waals surface area contributed by atoms with E-state index in [1.165, 1.54) is 79.9 Å². The number of nitrogens with zero attached hydrogens (tertiary/aromatic N) is 5. The number of hydrogen-bond acceptors (Lipinski definition) is 6. The summed E-state index contributed by atoms with van der Waals surface area (Å²) in [6.07, 6.45) is 0. The Morgan fingerprint density at radius 3 is 1.08 bits per heavy atom. The minimum absolute atomic E-state index is 0.0941. The van der Waals surface area contributed by atoms with Gasteiger partial charge in [0.05, 0.1) is 0 Å². The Balaban J connectivity index is 0.990. The zero-order valence-corrected chi connectivity index (χ0v) is 49.8. The Hall–Kier alpha value is -10.1. The monoisotopic (exact) mass is 1190 g/mol. The van der Waals surface area contributed by atoms with Crippen molar-refractivity contribution in [2.45, 2.75) is 9.79 Å². The Bertz CT molecular complexity index is 4350. The van der Waals surface area contributed by atoms with Gasteiger partial charge in [-0.3, -0.25) is 0 Å². The van der Waals surface area contributed by atoms with Crippen molar-refractivity contribution in [3.05, 3.63) is 322 Å². The first-order valence-electron chi connectivity index (χ1n) is 29.7. The van der Waals surface area contributed by atoms with Gasteiger partial charge in [-0.25, -0.2) is 0 Å². The molecular weight excluding hydrogens is 1140 g/mol. The third-order valence-electron chi connectivity index (χ3n) is 17.4. The fourth-order valence-corrected chi connectivity index (χ4v) is 18.1. The molecule has 0 N–H and O–H groups in total. The first kappa shape index (κ1) is 51.3. The quantitative estimate of drug-likeness (QED) is 0.119. The third-order valence-corrected chi connectivity index (χ3v) is 21.1. The molecule has 408 valence electrons. The average Bonchev–Trinajstić information content (AvgIpc) is 0.808. The van der Waals surface area contributed by atoms with Crippen LogP contribution < -0.4 is 66.2 Å². The van der Waals surface area contributed by atoms with Crippen LogP contribution in [-0.2, 0) is 0 Å². The second-order valence-corrected chi connectivity index (χ2v) is 25.6. The van der Waals surface area contributed by atoms with E-state index in [0.717, 1.165) is 56.9 Å². The molecule has 0 fully saturated rings. The predicted molar refractivity (Wildman–Crippen MR) is 371 cm³/mol. The number of anilines is 15. The summed E-state index contributed by atoms with van der Waals surface area (Å²) in [6, 6.07) is 119. The van der Waals surface area contributed by atoms with Crippen LogP contribution in [-0.4, -0.2) is 28.4 Å². The summed E-state index contributed by atoms with van der Waals surface area (Å²) < 4.78 is 2.76. The zero-order chi connectivity index (χ0) is 57.4. The van der Waals surface area contributed by atoms with E-state index in [-0.39, 0.29) is 28.4 Å². The van der Waals surface area contributed by atoms with E-state index < -0.39 is 0 Å². The van der Waals surface area contributed by atoms with Crippen LogP contribution in [0.2, 0.25) is 0 Å². The molecule has 0 bridgehead atoms. The third kappa shape index (κ3) is 8.56. The van der Waals surface area contributed by atoms with Gasteiger partial charge in [-0.05, 0) is 0 Å². The van der Waals surface area contributed by atoms with Crippen LogP contribution in [0.1, 0.15) is 0 Å². The molecule has 0 saturated carbocycles. The molecule has 13 aromatic carbocycles. The van der Waals surface area contributed by atoms with Crippen LogP contribution in [0.25, 0.3) is 0 Å². The van der Waals surface area contributed by atoms with Gasteiger partial charge in [-0.1, -0.05) is 0 Å². The van der Waals surface area contributed by atoms with E-state index in [2.05, 4.69) is 346 Å². The van der Waals surface area contributed by atoms with Crippen molar-refractivity contribution in [1.82, 2.24) is 0 Å². The molecule has 4 aliphatic rings. The first-order chi connectivity index (χ1) is 43.2. The number of benzene rings is 13. The average molecular weight is 1190 g/mol. The fraction of sp³-hybridized carbons (Fsp3) is 0. The van der Waals surface area contributed by atoms with Gasteiger partial charge in [0.15, 0.2) is 0 Å². The van der Waals surface area contributed by atoms with Crippen molar-refractivity contribution in [2.24, 2.45) is 0 Å². The predicted octanol–water partition coefficient (Wildman–Crippen LogP) is 15.1. The van der Waals surface area contributed by atoms with Crippen LogP contribution >= 0.6 is 11.8 Å². The van der Waals surface area contributed by atoms with E-state index in [9.17, 15) is 0 Å². The van der Waals surface area contributed by atoms with E-state index in [0.29, 0.717) is 0 Å². The van der Waals surface area contributed by atoms with Crippen molar-refractivity contribution < 1.29 is 0 Å². The van der Waals surface area contributed by atoms with Crippen LogP contribution in [0.4, 0.5) is 85.3 Å². The van der Waals surface area contributed by atoms with Gasteiger partial charge in [-0.15, -0.1) is 0 Å². The maximum atomic E-state index is 2.69. The molecular formula is C78H53B2N5SSe. The molecule has 0 saturated heterocycles. The van der Waals surface area contributed by atoms with Crippen molar-refractivity contribution >= 4 is 167 Å². The van der Waals surface area contributed by atoms with Gasteiger partial charge < -0.3 is 0 Å². The van der Waals surface area contributed by atoms with E-state index in [1.54, 1.807) is 0 Å². The number of rotatable bonds is 11. The van der Waals surface area contributed by atoms with Gasteiger partial charge in [-0.2, -0.15) is 0 Å². The molecule has 0 atom stereocenters. The molecule has 17 rings (SSSR count). The maximum absolute atomic E-state index is 2.69. The Morgan fingerprint density at radius 1 is 0.287 bits per heavy atom. The summed E-state index contributed by atoms with van der Waals surface area (Å²) in [6.45, 7) is -0.208. The standard InChI is InChI=1S/C78H53B2N5SSe/c1-9-29-54(30-10-1)81(55-31-11-2-12-32-55)62-49-70-74-72(51-62)86-77-66(79(74)64-45-25-27-47-68(64)84(70)60-41-21-7-22-42-60)53-67-78(76(77)83(58-37-17-5-18-38-58)59-39-19-6-20-40-59)87-73-52-63(82(56-33-13-3-14-34-56)57-35-15-4-16-36-57)50-71-75(73)80(67)65-46-26-28-48-69(65)85(71)61-43-23-8-24-44-61/h1-53H.